The molecule has 4 aromatic rings. The van der Waals surface area contributed by atoms with E-state index in [4.69, 9.17) is 11.6 Å². The number of halogens is 4. The maximum Gasteiger partial charge on any atom is 0.488 e. The molecule has 5 rings (SSSR count). The van der Waals surface area contributed by atoms with Crippen LogP contribution in [0.4, 0.5) is 24.5 Å². The fraction of sp³-hybridized carbons (Fsp3) is 0.250. The molecule has 1 aliphatic rings. The van der Waals surface area contributed by atoms with Crippen LogP contribution in [0.1, 0.15) is 62.2 Å². The van der Waals surface area contributed by atoms with Crippen LogP contribution >= 0.6 is 11.6 Å². The Bertz CT molecular complexity index is 1850. The molecule has 260 valence electrons. The van der Waals surface area contributed by atoms with E-state index in [2.05, 4.69) is 25.6 Å². The van der Waals surface area contributed by atoms with Crippen molar-refractivity contribution in [3.8, 4) is 0 Å². The molecule has 2 amide bonds. The van der Waals surface area contributed by atoms with Crippen molar-refractivity contribution in [1.29, 1.82) is 0 Å². The topological polar surface area (TPSA) is 117 Å². The van der Waals surface area contributed by atoms with Gasteiger partial charge in [-0.05, 0) is 90.9 Å². The summed E-state index contributed by atoms with van der Waals surface area (Å²) in [6.07, 6.45) is -0.423. The number of carbonyl (C=O) groups is 2. The van der Waals surface area contributed by atoms with E-state index >= 15 is 0 Å². The van der Waals surface area contributed by atoms with E-state index in [-0.39, 0.29) is 16.8 Å². The number of anilines is 2. The molecule has 4 N–H and O–H groups in total. The fourth-order valence-corrected chi connectivity index (χ4v) is 5.95. The Morgan fingerprint density at radius 3 is 2.34 bits per heavy atom. The summed E-state index contributed by atoms with van der Waals surface area (Å²) in [5.41, 5.74) is 5.28. The largest absolute Gasteiger partial charge is 0.488 e. The summed E-state index contributed by atoms with van der Waals surface area (Å²) in [5.74, 6) is -1.09. The smallest absolute Gasteiger partial charge is 0.423 e. The average molecular weight is 706 g/mol. The first-order valence-corrected chi connectivity index (χ1v) is 16.4. The van der Waals surface area contributed by atoms with E-state index in [9.17, 15) is 32.8 Å². The molecule has 14 heteroatoms. The van der Waals surface area contributed by atoms with Gasteiger partial charge >= 0.3 is 13.3 Å². The lowest BCUT2D eigenvalue weighted by molar-refractivity contribution is -0.137. The third-order valence-corrected chi connectivity index (χ3v) is 8.59. The maximum atomic E-state index is 13.5. The fourth-order valence-electron chi connectivity index (χ4n) is 5.72. The van der Waals surface area contributed by atoms with Gasteiger partial charge in [0.2, 0.25) is 0 Å². The van der Waals surface area contributed by atoms with E-state index in [1.165, 1.54) is 6.07 Å². The van der Waals surface area contributed by atoms with Crippen molar-refractivity contribution < 1.29 is 32.8 Å². The predicted molar refractivity (Wildman–Crippen MR) is 190 cm³/mol. The molecule has 9 nitrogen and oxygen atoms in total. The zero-order valence-electron chi connectivity index (χ0n) is 27.3. The first-order valence-electron chi connectivity index (χ1n) is 16.0. The Balaban J connectivity index is 1.31. The Morgan fingerprint density at radius 1 is 0.920 bits per heavy atom. The first-order chi connectivity index (χ1) is 23.9. The number of amides is 2. The minimum Gasteiger partial charge on any atom is -0.423 e. The number of piperidine rings is 1. The number of nitrogens with one attached hydrogen (secondary N) is 2. The minimum absolute atomic E-state index is 0.0857. The zero-order chi connectivity index (χ0) is 35.8. The molecule has 1 fully saturated rings. The minimum atomic E-state index is -4.65. The molecular formula is C36H36BClF3N5O4. The number of hydrogen-bond acceptors (Lipinski definition) is 7. The lowest BCUT2D eigenvalue weighted by Gasteiger charge is -2.29. The molecule has 4 aromatic carbocycles. The van der Waals surface area contributed by atoms with Crippen LogP contribution in [0.5, 0.6) is 0 Å². The van der Waals surface area contributed by atoms with Crippen LogP contribution in [-0.2, 0) is 19.3 Å². The monoisotopic (exact) mass is 705 g/mol. The van der Waals surface area contributed by atoms with E-state index in [0.29, 0.717) is 24.1 Å². The molecule has 0 spiro atoms. The lowest BCUT2D eigenvalue weighted by atomic mass is 9.80. The van der Waals surface area contributed by atoms with E-state index in [0.717, 1.165) is 67.5 Å². The third-order valence-electron chi connectivity index (χ3n) is 8.26. The van der Waals surface area contributed by atoms with Crippen molar-refractivity contribution >= 4 is 53.6 Å². The summed E-state index contributed by atoms with van der Waals surface area (Å²) in [6, 6.07) is 22.6. The number of alkyl halides is 3. The van der Waals surface area contributed by atoms with Gasteiger partial charge < -0.3 is 20.3 Å². The Hall–Kier alpha value is -4.69. The summed E-state index contributed by atoms with van der Waals surface area (Å²) < 4.78 is 39.9. The van der Waals surface area contributed by atoms with Crippen molar-refractivity contribution in [3.63, 3.8) is 0 Å². The Kier molecular flexibility index (Phi) is 12.0. The highest BCUT2D eigenvalue weighted by Crippen LogP contribution is 2.35. The molecule has 1 heterocycles. The summed E-state index contributed by atoms with van der Waals surface area (Å²) in [5, 5.41) is 24.9. The van der Waals surface area contributed by atoms with Crippen LogP contribution in [0, 0.1) is 0 Å². The quantitative estimate of drug-likeness (QED) is 0.0908. The van der Waals surface area contributed by atoms with Gasteiger partial charge in [-0.2, -0.15) is 18.3 Å². The first kappa shape index (κ1) is 36.6. The van der Waals surface area contributed by atoms with Crippen molar-refractivity contribution in [2.45, 2.75) is 38.5 Å². The number of benzene rings is 4. The summed E-state index contributed by atoms with van der Waals surface area (Å²) in [4.78, 5) is 31.1. The van der Waals surface area contributed by atoms with Crippen molar-refractivity contribution in [1.82, 2.24) is 10.3 Å². The number of hydrazone groups is 1. The molecule has 1 aliphatic heterocycles. The Labute approximate surface area is 293 Å². The highest BCUT2D eigenvalue weighted by molar-refractivity contribution is 6.58. The van der Waals surface area contributed by atoms with Crippen LogP contribution in [0.2, 0.25) is 5.02 Å². The van der Waals surface area contributed by atoms with Gasteiger partial charge in [-0.1, -0.05) is 54.1 Å². The van der Waals surface area contributed by atoms with Crippen LogP contribution in [0.3, 0.4) is 0 Å². The van der Waals surface area contributed by atoms with Crippen LogP contribution < -0.4 is 21.1 Å². The van der Waals surface area contributed by atoms with Crippen molar-refractivity contribution in [3.05, 3.63) is 123 Å². The zero-order valence-corrected chi connectivity index (χ0v) is 28.0. The lowest BCUT2D eigenvalue weighted by Crippen LogP contribution is -2.30. The van der Waals surface area contributed by atoms with E-state index in [1.54, 1.807) is 42.5 Å². The van der Waals surface area contributed by atoms with Gasteiger partial charge in [0, 0.05) is 37.4 Å². The van der Waals surface area contributed by atoms with Gasteiger partial charge in [0.1, 0.15) is 0 Å². The van der Waals surface area contributed by atoms with Crippen molar-refractivity contribution in [2.75, 3.05) is 30.4 Å². The third kappa shape index (κ3) is 9.72. The highest BCUT2D eigenvalue weighted by atomic mass is 35.5. The molecule has 0 unspecified atom stereocenters. The molecule has 0 atom stereocenters. The van der Waals surface area contributed by atoms with Gasteiger partial charge in [-0.3, -0.25) is 14.5 Å². The molecular weight excluding hydrogens is 670 g/mol. The predicted octanol–water partition coefficient (Wildman–Crippen LogP) is 5.68. The number of carbonyl (C=O) groups excluding carboxylic acids is 2. The molecule has 0 aliphatic carbocycles. The molecule has 0 aromatic heterocycles. The van der Waals surface area contributed by atoms with Gasteiger partial charge in [0.05, 0.1) is 28.1 Å². The summed E-state index contributed by atoms with van der Waals surface area (Å²) in [7, 11) is 0.404. The molecule has 0 bridgehead atoms. The molecule has 1 saturated heterocycles. The normalized spacial score (nSPS) is 13.5. The second-order valence-electron chi connectivity index (χ2n) is 12.2. The number of nitrogens with zero attached hydrogens (tertiary/aromatic N) is 3. The molecule has 0 saturated carbocycles. The van der Waals surface area contributed by atoms with Gasteiger partial charge in [0.15, 0.2) is 0 Å². The van der Waals surface area contributed by atoms with Crippen molar-refractivity contribution in [2.24, 2.45) is 5.10 Å². The second-order valence-corrected chi connectivity index (χ2v) is 12.6. The standard InChI is InChI=1S/C36H36BClF3N5O4/c1-45(22-24-8-11-28(12-9-24)37(49)50)23-26-6-5-7-27(18-26)34(47)43-33-15-13-29(46-16-3-2-4-17-46)20-30(33)35(48)44-42-21-25-10-14-32(38)31(19-25)36(39,40)41/h5-15,18-21,49-50H,2-4,16-17,22-23H2,1H3,(H,43,47)(H,44,48). The second kappa shape index (κ2) is 16.3. The van der Waals surface area contributed by atoms with Crippen LogP contribution in [0.25, 0.3) is 0 Å². The Morgan fingerprint density at radius 2 is 1.64 bits per heavy atom. The molecule has 0 radical (unpaired) electrons. The average Bonchev–Trinajstić information content (AvgIpc) is 3.09. The van der Waals surface area contributed by atoms with Gasteiger partial charge in [0.25, 0.3) is 11.8 Å². The van der Waals surface area contributed by atoms with E-state index < -0.39 is 35.7 Å². The van der Waals surface area contributed by atoms with E-state index in [1.807, 2.05) is 31.3 Å². The summed E-state index contributed by atoms with van der Waals surface area (Å²) >= 11 is 5.71. The van der Waals surface area contributed by atoms with Crippen LogP contribution in [-0.4, -0.2) is 60.2 Å². The van der Waals surface area contributed by atoms with Crippen LogP contribution in [0.15, 0.2) is 90.0 Å². The SMILES string of the molecule is CN(Cc1ccc(B(O)O)cc1)Cc1cccc(C(=O)Nc2ccc(N3CCCCC3)cc2C(=O)NN=Cc2ccc(Cl)c(C(F)(F)F)c2)c1. The summed E-state index contributed by atoms with van der Waals surface area (Å²) in [6.45, 7) is 2.76. The van der Waals surface area contributed by atoms with Gasteiger partial charge in [-0.15, -0.1) is 0 Å². The molecule has 50 heavy (non-hydrogen) atoms. The maximum absolute atomic E-state index is 13.5. The highest BCUT2D eigenvalue weighted by Gasteiger charge is 2.33. The number of hydrogen-bond donors (Lipinski definition) is 4. The van der Waals surface area contributed by atoms with Gasteiger partial charge in [-0.25, -0.2) is 5.43 Å². The number of rotatable bonds is 11.